The maximum atomic E-state index is 11.3. The molecule has 104 valence electrons. The molecule has 0 saturated carbocycles. The van der Waals surface area contributed by atoms with Crippen molar-refractivity contribution in [1.29, 1.82) is 0 Å². The summed E-state index contributed by atoms with van der Waals surface area (Å²) < 4.78 is 0.734. The van der Waals surface area contributed by atoms with Gasteiger partial charge in [0, 0.05) is 16.2 Å². The fourth-order valence-electron chi connectivity index (χ4n) is 1.85. The summed E-state index contributed by atoms with van der Waals surface area (Å²) in [4.78, 5) is 23.5. The number of carbonyl (C=O) groups is 1. The van der Waals surface area contributed by atoms with E-state index in [0.29, 0.717) is 12.2 Å². The standard InChI is InChI=1S/C12H15IN2O4/c1-4-14(12(2,3)11(16)17)9-6-5-8(13)7-10(9)15(18)19/h5-7H,4H2,1-3H3,(H,16,17). The molecule has 0 bridgehead atoms. The van der Waals surface area contributed by atoms with Crippen molar-refractivity contribution >= 4 is 39.9 Å². The normalized spacial score (nSPS) is 11.2. The van der Waals surface area contributed by atoms with Crippen molar-refractivity contribution in [2.24, 2.45) is 0 Å². The molecule has 0 atom stereocenters. The summed E-state index contributed by atoms with van der Waals surface area (Å²) in [6.07, 6.45) is 0. The lowest BCUT2D eigenvalue weighted by Crippen LogP contribution is -2.50. The summed E-state index contributed by atoms with van der Waals surface area (Å²) in [5.41, 5.74) is -0.977. The number of nitrogens with zero attached hydrogens (tertiary/aromatic N) is 2. The van der Waals surface area contributed by atoms with Crippen molar-refractivity contribution < 1.29 is 14.8 Å². The van der Waals surface area contributed by atoms with E-state index in [0.717, 1.165) is 3.57 Å². The van der Waals surface area contributed by atoms with Crippen LogP contribution in [0.2, 0.25) is 0 Å². The fraction of sp³-hybridized carbons (Fsp3) is 0.417. The molecule has 6 nitrogen and oxygen atoms in total. The van der Waals surface area contributed by atoms with Crippen molar-refractivity contribution in [3.63, 3.8) is 0 Å². The van der Waals surface area contributed by atoms with E-state index in [4.69, 9.17) is 0 Å². The minimum absolute atomic E-state index is 0.0805. The predicted molar refractivity (Wildman–Crippen MR) is 80.5 cm³/mol. The van der Waals surface area contributed by atoms with Gasteiger partial charge in [-0.1, -0.05) is 0 Å². The molecule has 0 amide bonds. The molecule has 0 heterocycles. The van der Waals surface area contributed by atoms with Crippen molar-refractivity contribution in [2.75, 3.05) is 11.4 Å². The Hall–Kier alpha value is -1.38. The zero-order valence-corrected chi connectivity index (χ0v) is 13.0. The Balaban J connectivity index is 3.42. The average molecular weight is 378 g/mol. The van der Waals surface area contributed by atoms with Gasteiger partial charge < -0.3 is 10.0 Å². The molecule has 0 radical (unpaired) electrons. The fourth-order valence-corrected chi connectivity index (χ4v) is 2.33. The van der Waals surface area contributed by atoms with Gasteiger partial charge in [-0.25, -0.2) is 4.79 Å². The minimum atomic E-state index is -1.22. The molecule has 0 fully saturated rings. The van der Waals surface area contributed by atoms with Gasteiger partial charge in [0.25, 0.3) is 5.69 Å². The number of halogens is 1. The maximum absolute atomic E-state index is 11.3. The molecule has 0 saturated heterocycles. The molecule has 1 N–H and O–H groups in total. The Bertz CT molecular complexity index is 516. The number of hydrogen-bond acceptors (Lipinski definition) is 4. The van der Waals surface area contributed by atoms with E-state index in [-0.39, 0.29) is 5.69 Å². The predicted octanol–water partition coefficient (Wildman–Crippen LogP) is 2.89. The minimum Gasteiger partial charge on any atom is -0.480 e. The van der Waals surface area contributed by atoms with E-state index in [1.807, 2.05) is 22.6 Å². The third kappa shape index (κ3) is 3.14. The zero-order valence-electron chi connectivity index (χ0n) is 10.9. The summed E-state index contributed by atoms with van der Waals surface area (Å²) in [7, 11) is 0. The van der Waals surface area contributed by atoms with Crippen molar-refractivity contribution in [1.82, 2.24) is 0 Å². The summed E-state index contributed by atoms with van der Waals surface area (Å²) in [6, 6.07) is 4.76. The van der Waals surface area contributed by atoms with E-state index >= 15 is 0 Å². The quantitative estimate of drug-likeness (QED) is 0.484. The smallest absolute Gasteiger partial charge is 0.328 e. The first kappa shape index (κ1) is 15.7. The van der Waals surface area contributed by atoms with Gasteiger partial charge >= 0.3 is 5.97 Å². The number of hydrogen-bond donors (Lipinski definition) is 1. The molecule has 0 aliphatic carbocycles. The Labute approximate surface area is 124 Å². The van der Waals surface area contributed by atoms with Gasteiger partial charge in [-0.3, -0.25) is 10.1 Å². The second-order valence-corrected chi connectivity index (χ2v) is 5.74. The molecule has 0 spiro atoms. The monoisotopic (exact) mass is 378 g/mol. The molecule has 0 aromatic heterocycles. The topological polar surface area (TPSA) is 83.7 Å². The van der Waals surface area contributed by atoms with Gasteiger partial charge in [-0.2, -0.15) is 0 Å². The van der Waals surface area contributed by atoms with Crippen LogP contribution in [0.1, 0.15) is 20.8 Å². The molecule has 0 unspecified atom stereocenters. The number of carboxylic acids is 1. The van der Waals surface area contributed by atoms with Crippen LogP contribution in [0.4, 0.5) is 11.4 Å². The highest BCUT2D eigenvalue weighted by atomic mass is 127. The van der Waals surface area contributed by atoms with Crippen molar-refractivity contribution in [3.05, 3.63) is 31.9 Å². The van der Waals surface area contributed by atoms with Crippen LogP contribution in [0.15, 0.2) is 18.2 Å². The highest BCUT2D eigenvalue weighted by Crippen LogP contribution is 2.34. The molecule has 7 heteroatoms. The van der Waals surface area contributed by atoms with Crippen LogP contribution in [-0.2, 0) is 4.79 Å². The van der Waals surface area contributed by atoms with Crippen LogP contribution in [0.3, 0.4) is 0 Å². The zero-order chi connectivity index (χ0) is 14.8. The lowest BCUT2D eigenvalue weighted by molar-refractivity contribution is -0.384. The highest BCUT2D eigenvalue weighted by molar-refractivity contribution is 14.1. The first-order chi connectivity index (χ1) is 8.71. The Morgan fingerprint density at radius 1 is 1.53 bits per heavy atom. The summed E-state index contributed by atoms with van der Waals surface area (Å²) in [6.45, 7) is 5.19. The number of nitro benzene ring substituents is 1. The summed E-state index contributed by atoms with van der Waals surface area (Å²) in [5.74, 6) is -1.03. The van der Waals surface area contributed by atoms with Gasteiger partial charge in [0.2, 0.25) is 0 Å². The second-order valence-electron chi connectivity index (χ2n) is 4.50. The molecule has 0 aliphatic heterocycles. The van der Waals surface area contributed by atoms with Crippen molar-refractivity contribution in [2.45, 2.75) is 26.3 Å². The third-order valence-corrected chi connectivity index (χ3v) is 3.61. The molecule has 0 aliphatic rings. The number of nitro groups is 1. The second kappa shape index (κ2) is 5.72. The number of likely N-dealkylation sites (N-methyl/N-ethyl adjacent to an activating group) is 1. The van der Waals surface area contributed by atoms with Crippen molar-refractivity contribution in [3.8, 4) is 0 Å². The van der Waals surface area contributed by atoms with Crippen LogP contribution in [0.5, 0.6) is 0 Å². The first-order valence-corrected chi connectivity index (χ1v) is 6.74. The Morgan fingerprint density at radius 2 is 2.11 bits per heavy atom. The largest absolute Gasteiger partial charge is 0.480 e. The van der Waals surface area contributed by atoms with Gasteiger partial charge in [-0.15, -0.1) is 0 Å². The van der Waals surface area contributed by atoms with Crippen LogP contribution in [0.25, 0.3) is 0 Å². The number of aliphatic carboxylic acids is 1. The third-order valence-electron chi connectivity index (χ3n) is 2.94. The lowest BCUT2D eigenvalue weighted by atomic mass is 10.0. The number of anilines is 1. The Kier molecular flexibility index (Phi) is 4.72. The highest BCUT2D eigenvalue weighted by Gasteiger charge is 2.36. The maximum Gasteiger partial charge on any atom is 0.328 e. The van der Waals surface area contributed by atoms with Gasteiger partial charge in [0.1, 0.15) is 11.2 Å². The van der Waals surface area contributed by atoms with E-state index in [1.165, 1.54) is 24.8 Å². The van der Waals surface area contributed by atoms with Gasteiger partial charge in [0.05, 0.1) is 4.92 Å². The molecular formula is C12H15IN2O4. The Morgan fingerprint density at radius 3 is 2.53 bits per heavy atom. The lowest BCUT2D eigenvalue weighted by Gasteiger charge is -2.35. The van der Waals surface area contributed by atoms with E-state index in [2.05, 4.69) is 0 Å². The van der Waals surface area contributed by atoms with Crippen LogP contribution in [0, 0.1) is 13.7 Å². The first-order valence-electron chi connectivity index (χ1n) is 5.66. The average Bonchev–Trinajstić information content (AvgIpc) is 2.31. The molecule has 1 aromatic carbocycles. The molecule has 19 heavy (non-hydrogen) atoms. The van der Waals surface area contributed by atoms with Crippen LogP contribution < -0.4 is 4.90 Å². The number of rotatable bonds is 5. The van der Waals surface area contributed by atoms with E-state index < -0.39 is 16.4 Å². The van der Waals surface area contributed by atoms with Gasteiger partial charge in [-0.05, 0) is 55.5 Å². The molecular weight excluding hydrogens is 363 g/mol. The van der Waals surface area contributed by atoms with E-state index in [9.17, 15) is 20.0 Å². The SMILES string of the molecule is CCN(c1ccc(I)cc1[N+](=O)[O-])C(C)(C)C(=O)O. The molecule has 1 rings (SSSR count). The number of carboxylic acid groups (broad SMARTS) is 1. The summed E-state index contributed by atoms with van der Waals surface area (Å²) >= 11 is 1.99. The number of benzene rings is 1. The van der Waals surface area contributed by atoms with Crippen LogP contribution >= 0.6 is 22.6 Å². The molecule has 1 aromatic rings. The summed E-state index contributed by atoms with van der Waals surface area (Å²) in [5, 5.41) is 20.4. The van der Waals surface area contributed by atoms with Gasteiger partial charge in [0.15, 0.2) is 0 Å². The van der Waals surface area contributed by atoms with E-state index in [1.54, 1.807) is 19.1 Å². The van der Waals surface area contributed by atoms with Crippen LogP contribution in [-0.4, -0.2) is 28.1 Å².